The van der Waals surface area contributed by atoms with Gasteiger partial charge in [0.2, 0.25) is 0 Å². The molecule has 3 N–H and O–H groups in total. The minimum atomic E-state index is -1.10. The molecule has 1 unspecified atom stereocenters. The molecule has 2 aromatic rings. The second kappa shape index (κ2) is 8.56. The number of nitrogens with one attached hydrogen (secondary N) is 2. The third-order valence-electron chi connectivity index (χ3n) is 5.08. The fourth-order valence-electron chi connectivity index (χ4n) is 3.54. The summed E-state index contributed by atoms with van der Waals surface area (Å²) in [4.78, 5) is 41.5. The fourth-order valence-corrected chi connectivity index (χ4v) is 3.54. The molecule has 3 rings (SSSR count). The first-order valence-electron chi connectivity index (χ1n) is 9.55. The zero-order valence-corrected chi connectivity index (χ0v) is 17.0. The van der Waals surface area contributed by atoms with Crippen LogP contribution in [0.25, 0.3) is 0 Å². The highest BCUT2D eigenvalue weighted by Gasteiger charge is 2.32. The molecule has 0 bridgehead atoms. The van der Waals surface area contributed by atoms with Crippen molar-refractivity contribution in [3.05, 3.63) is 34.8 Å². The summed E-state index contributed by atoms with van der Waals surface area (Å²) in [5, 5.41) is 12.2. The summed E-state index contributed by atoms with van der Waals surface area (Å²) in [5.74, 6) is -0.129. The topological polar surface area (TPSA) is 133 Å². The number of methoxy groups -OCH3 is 1. The average molecular weight is 402 g/mol. The maximum atomic E-state index is 12.6. The largest absolute Gasteiger partial charge is 0.477 e. The van der Waals surface area contributed by atoms with Gasteiger partial charge >= 0.3 is 5.97 Å². The summed E-state index contributed by atoms with van der Waals surface area (Å²) < 4.78 is 5.60. The van der Waals surface area contributed by atoms with Crippen LogP contribution in [-0.2, 0) is 11.2 Å². The molecule has 0 aliphatic carbocycles. The van der Waals surface area contributed by atoms with Crippen LogP contribution in [0.5, 0.6) is 0 Å². The van der Waals surface area contributed by atoms with Crippen LogP contribution in [0.4, 0.5) is 5.82 Å². The number of anilines is 1. The van der Waals surface area contributed by atoms with Crippen LogP contribution in [0.3, 0.4) is 0 Å². The van der Waals surface area contributed by atoms with Crippen LogP contribution in [0.2, 0.25) is 0 Å². The lowest BCUT2D eigenvalue weighted by atomic mass is 10.0. The number of hydrogen-bond donors (Lipinski definition) is 3. The Morgan fingerprint density at radius 3 is 2.72 bits per heavy atom. The number of imidazole rings is 1. The molecule has 3 heterocycles. The highest BCUT2D eigenvalue weighted by molar-refractivity contribution is 5.91. The molecule has 0 saturated carbocycles. The maximum Gasteiger partial charge on any atom is 0.354 e. The molecule has 1 saturated heterocycles. The number of piperidine rings is 1. The minimum Gasteiger partial charge on any atom is -0.477 e. The van der Waals surface area contributed by atoms with Gasteiger partial charge in [-0.05, 0) is 26.7 Å². The number of hydrogen-bond acceptors (Lipinski definition) is 7. The molecular formula is C19H26N6O4. The second-order valence-electron chi connectivity index (χ2n) is 7.06. The standard InChI is InChI=1S/C19H26N6O4/c1-5-12-10(2)20-17(23-12)18(26)24-13-6-7-25(9-15(13)29-4)16-8-14(19(27)28)21-11(3)22-16/h8,13,15H,5-7,9H2,1-4H3,(H,20,23)(H,24,26)(H,27,28)/t13?,15-/m0/s1. The molecule has 2 atom stereocenters. The SMILES string of the molecule is CCc1nc(C(=O)NC2CCN(c3cc(C(=O)O)nc(C)n3)C[C@@H]2OC)[nH]c1C. The lowest BCUT2D eigenvalue weighted by Gasteiger charge is -2.38. The van der Waals surface area contributed by atoms with Crippen molar-refractivity contribution in [1.29, 1.82) is 0 Å². The van der Waals surface area contributed by atoms with Crippen molar-refractivity contribution in [3.8, 4) is 0 Å². The summed E-state index contributed by atoms with van der Waals surface area (Å²) in [6.45, 7) is 6.61. The predicted molar refractivity (Wildman–Crippen MR) is 105 cm³/mol. The molecule has 1 amide bonds. The second-order valence-corrected chi connectivity index (χ2v) is 7.06. The van der Waals surface area contributed by atoms with E-state index in [1.54, 1.807) is 14.0 Å². The van der Waals surface area contributed by atoms with Gasteiger partial charge in [0.25, 0.3) is 5.91 Å². The highest BCUT2D eigenvalue weighted by Crippen LogP contribution is 2.21. The van der Waals surface area contributed by atoms with Gasteiger partial charge in [0, 0.05) is 32.0 Å². The van der Waals surface area contributed by atoms with E-state index in [0.29, 0.717) is 37.0 Å². The predicted octanol–water partition coefficient (Wildman–Crippen LogP) is 1.10. The molecule has 0 radical (unpaired) electrons. The van der Waals surface area contributed by atoms with E-state index in [-0.39, 0.29) is 23.7 Å². The number of carbonyl (C=O) groups is 2. The Morgan fingerprint density at radius 1 is 1.34 bits per heavy atom. The zero-order chi connectivity index (χ0) is 21.1. The molecule has 29 heavy (non-hydrogen) atoms. The lowest BCUT2D eigenvalue weighted by Crippen LogP contribution is -2.55. The number of amides is 1. The number of carboxylic acids is 1. The Morgan fingerprint density at radius 2 is 2.10 bits per heavy atom. The molecule has 0 spiro atoms. The first kappa shape index (κ1) is 20.7. The minimum absolute atomic E-state index is 0.0446. The van der Waals surface area contributed by atoms with Crippen molar-refractivity contribution in [1.82, 2.24) is 25.3 Å². The van der Waals surface area contributed by atoms with Crippen molar-refractivity contribution < 1.29 is 19.4 Å². The zero-order valence-electron chi connectivity index (χ0n) is 17.0. The highest BCUT2D eigenvalue weighted by atomic mass is 16.5. The van der Waals surface area contributed by atoms with Crippen LogP contribution in [0.15, 0.2) is 6.07 Å². The van der Waals surface area contributed by atoms with Gasteiger partial charge in [0.1, 0.15) is 11.6 Å². The van der Waals surface area contributed by atoms with E-state index in [1.165, 1.54) is 6.07 Å². The quantitative estimate of drug-likeness (QED) is 0.654. The van der Waals surface area contributed by atoms with Gasteiger partial charge in [-0.25, -0.2) is 19.7 Å². The summed E-state index contributed by atoms with van der Waals surface area (Å²) >= 11 is 0. The normalized spacial score (nSPS) is 19.2. The number of rotatable bonds is 6. The van der Waals surface area contributed by atoms with E-state index >= 15 is 0 Å². The van der Waals surface area contributed by atoms with E-state index < -0.39 is 5.97 Å². The van der Waals surface area contributed by atoms with Gasteiger partial charge in [-0.15, -0.1) is 0 Å². The molecule has 1 aliphatic heterocycles. The maximum absolute atomic E-state index is 12.6. The van der Waals surface area contributed by atoms with Crippen LogP contribution in [0.1, 0.15) is 51.7 Å². The molecule has 1 fully saturated rings. The number of ether oxygens (including phenoxy) is 1. The Balaban J connectivity index is 1.71. The molecule has 10 nitrogen and oxygen atoms in total. The third kappa shape index (κ3) is 4.53. The van der Waals surface area contributed by atoms with E-state index in [1.807, 2.05) is 18.7 Å². The Kier molecular flexibility index (Phi) is 6.12. The van der Waals surface area contributed by atoms with Gasteiger partial charge in [-0.1, -0.05) is 6.92 Å². The third-order valence-corrected chi connectivity index (χ3v) is 5.08. The van der Waals surface area contributed by atoms with Gasteiger partial charge < -0.3 is 25.0 Å². The van der Waals surface area contributed by atoms with Crippen molar-refractivity contribution in [3.63, 3.8) is 0 Å². The monoisotopic (exact) mass is 402 g/mol. The number of carbonyl (C=O) groups excluding carboxylic acids is 1. The number of nitrogens with zero attached hydrogens (tertiary/aromatic N) is 4. The fraction of sp³-hybridized carbons (Fsp3) is 0.526. The smallest absolute Gasteiger partial charge is 0.354 e. The lowest BCUT2D eigenvalue weighted by molar-refractivity contribution is 0.0536. The van der Waals surface area contributed by atoms with Gasteiger partial charge in [-0.2, -0.15) is 0 Å². The van der Waals surface area contributed by atoms with E-state index in [2.05, 4.69) is 25.3 Å². The number of H-pyrrole nitrogens is 1. The molecule has 2 aromatic heterocycles. The number of aryl methyl sites for hydroxylation is 3. The summed E-state index contributed by atoms with van der Waals surface area (Å²) in [6.07, 6.45) is 1.10. The Labute approximate surface area is 168 Å². The van der Waals surface area contributed by atoms with Crippen molar-refractivity contribution >= 4 is 17.7 Å². The first-order chi connectivity index (χ1) is 13.8. The molecule has 1 aliphatic rings. The van der Waals surface area contributed by atoms with Gasteiger partial charge in [-0.3, -0.25) is 4.79 Å². The first-order valence-corrected chi connectivity index (χ1v) is 9.55. The molecule has 0 aromatic carbocycles. The van der Waals surface area contributed by atoms with Crippen molar-refractivity contribution in [2.24, 2.45) is 0 Å². The van der Waals surface area contributed by atoms with E-state index in [9.17, 15) is 14.7 Å². The van der Waals surface area contributed by atoms with E-state index in [0.717, 1.165) is 17.8 Å². The van der Waals surface area contributed by atoms with Gasteiger partial charge in [0.15, 0.2) is 11.5 Å². The summed E-state index contributed by atoms with van der Waals surface area (Å²) in [7, 11) is 1.59. The van der Waals surface area contributed by atoms with Crippen LogP contribution in [-0.4, -0.2) is 69.3 Å². The van der Waals surface area contributed by atoms with Crippen LogP contribution in [0, 0.1) is 13.8 Å². The Hall–Kier alpha value is -3.01. The number of carboxylic acid groups (broad SMARTS) is 1. The molecule has 156 valence electrons. The summed E-state index contributed by atoms with van der Waals surface area (Å²) in [5.41, 5.74) is 1.72. The molecular weight excluding hydrogens is 376 g/mol. The van der Waals surface area contributed by atoms with Crippen LogP contribution >= 0.6 is 0 Å². The van der Waals surface area contributed by atoms with Crippen molar-refractivity contribution in [2.75, 3.05) is 25.1 Å². The van der Waals surface area contributed by atoms with Crippen molar-refractivity contribution in [2.45, 2.75) is 45.8 Å². The van der Waals surface area contributed by atoms with Gasteiger partial charge in [0.05, 0.1) is 17.8 Å². The summed E-state index contributed by atoms with van der Waals surface area (Å²) in [6, 6.07) is 1.26. The molecule has 10 heteroatoms. The number of aromatic carboxylic acids is 1. The number of aromatic nitrogens is 4. The average Bonchev–Trinajstić information content (AvgIpc) is 3.08. The number of aromatic amines is 1. The Bertz CT molecular complexity index is 912. The van der Waals surface area contributed by atoms with E-state index in [4.69, 9.17) is 4.74 Å². The van der Waals surface area contributed by atoms with Crippen LogP contribution < -0.4 is 10.2 Å².